The van der Waals surface area contributed by atoms with Gasteiger partial charge in [-0.15, -0.1) is 0 Å². The number of aromatic nitrogens is 2. The average molecular weight is 362 g/mol. The summed E-state index contributed by atoms with van der Waals surface area (Å²) in [5, 5.41) is 4.17. The van der Waals surface area contributed by atoms with Crippen molar-refractivity contribution < 1.29 is 4.79 Å². The summed E-state index contributed by atoms with van der Waals surface area (Å²) in [7, 11) is 0. The van der Waals surface area contributed by atoms with Crippen LogP contribution >= 0.6 is 23.4 Å². The number of benzene rings is 1. The molecule has 1 aromatic carbocycles. The van der Waals surface area contributed by atoms with Crippen LogP contribution < -0.4 is 10.9 Å². The Morgan fingerprint density at radius 1 is 1.42 bits per heavy atom. The van der Waals surface area contributed by atoms with Crippen molar-refractivity contribution in [3.05, 3.63) is 50.9 Å². The third kappa shape index (κ3) is 2.84. The van der Waals surface area contributed by atoms with E-state index >= 15 is 0 Å². The zero-order valence-corrected chi connectivity index (χ0v) is 14.5. The van der Waals surface area contributed by atoms with E-state index in [9.17, 15) is 9.59 Å². The molecule has 2 heterocycles. The van der Waals surface area contributed by atoms with Crippen LogP contribution in [-0.4, -0.2) is 21.2 Å². The van der Waals surface area contributed by atoms with Gasteiger partial charge in [-0.3, -0.25) is 14.2 Å². The fraction of sp³-hybridized carbons (Fsp3) is 0.353. The summed E-state index contributed by atoms with van der Waals surface area (Å²) in [6.07, 6.45) is 2.94. The van der Waals surface area contributed by atoms with Crippen LogP contribution in [0.3, 0.4) is 0 Å². The molecule has 2 aliphatic rings. The van der Waals surface area contributed by atoms with Gasteiger partial charge in [-0.2, -0.15) is 0 Å². The number of nitrogens with one attached hydrogen (secondary N) is 1. The highest BCUT2D eigenvalue weighted by Gasteiger charge is 2.31. The maximum atomic E-state index is 12.7. The van der Waals surface area contributed by atoms with Crippen molar-refractivity contribution in [2.75, 3.05) is 11.1 Å². The van der Waals surface area contributed by atoms with Crippen molar-refractivity contribution >= 4 is 35.0 Å². The van der Waals surface area contributed by atoms with Gasteiger partial charge >= 0.3 is 0 Å². The summed E-state index contributed by atoms with van der Waals surface area (Å²) < 4.78 is 1.71. The lowest BCUT2D eigenvalue weighted by atomic mass is 10.2. The van der Waals surface area contributed by atoms with Crippen LogP contribution in [0.25, 0.3) is 0 Å². The molecule has 1 aromatic heterocycles. The van der Waals surface area contributed by atoms with Crippen LogP contribution in [0.2, 0.25) is 5.02 Å². The van der Waals surface area contributed by atoms with Gasteiger partial charge in [0.15, 0.2) is 5.16 Å². The quantitative estimate of drug-likeness (QED) is 0.853. The fourth-order valence-corrected chi connectivity index (χ4v) is 4.64. The molecule has 1 unspecified atom stereocenters. The zero-order chi connectivity index (χ0) is 16.7. The molecular weight excluding hydrogens is 346 g/mol. The van der Waals surface area contributed by atoms with Gasteiger partial charge in [0.05, 0.1) is 11.7 Å². The Balaban J connectivity index is 1.54. The molecule has 1 aliphatic carbocycles. The predicted octanol–water partition coefficient (Wildman–Crippen LogP) is 3.06. The molecule has 0 saturated heterocycles. The summed E-state index contributed by atoms with van der Waals surface area (Å²) >= 11 is 7.49. The van der Waals surface area contributed by atoms with E-state index in [1.165, 1.54) is 0 Å². The Labute approximate surface area is 148 Å². The highest BCUT2D eigenvalue weighted by Crippen LogP contribution is 2.34. The molecule has 2 aromatic rings. The summed E-state index contributed by atoms with van der Waals surface area (Å²) in [5.41, 5.74) is 2.49. The van der Waals surface area contributed by atoms with Gasteiger partial charge in [-0.25, -0.2) is 4.98 Å². The number of carbonyl (C=O) groups is 1. The van der Waals surface area contributed by atoms with Crippen molar-refractivity contribution in [1.29, 1.82) is 0 Å². The molecule has 124 valence electrons. The second-order valence-electron chi connectivity index (χ2n) is 6.08. The number of fused-ring (bicyclic) bond motifs is 2. The monoisotopic (exact) mass is 361 g/mol. The lowest BCUT2D eigenvalue weighted by Crippen LogP contribution is -2.30. The standard InChI is InChI=1S/C17H16ClN3O2S/c18-10-3-1-4-11(7-10)19-15(22)8-12-9-24-17-20-14-6-2-5-13(14)16(23)21(12)17/h1,3-4,7,12H,2,5-6,8-9H2,(H,19,22). The molecule has 7 heteroatoms. The Hall–Kier alpha value is -1.79. The van der Waals surface area contributed by atoms with Gasteiger partial charge in [0.25, 0.3) is 5.56 Å². The third-order valence-electron chi connectivity index (χ3n) is 4.40. The lowest BCUT2D eigenvalue weighted by Gasteiger charge is -2.14. The number of nitrogens with zero attached hydrogens (tertiary/aromatic N) is 2. The van der Waals surface area contributed by atoms with Gasteiger partial charge in [0.2, 0.25) is 5.91 Å². The number of thioether (sulfide) groups is 1. The van der Waals surface area contributed by atoms with E-state index in [0.29, 0.717) is 16.5 Å². The Bertz CT molecular complexity index is 881. The van der Waals surface area contributed by atoms with Crippen molar-refractivity contribution in [3.63, 3.8) is 0 Å². The minimum Gasteiger partial charge on any atom is -0.326 e. The molecule has 5 nitrogen and oxygen atoms in total. The van der Waals surface area contributed by atoms with Gasteiger partial charge in [0.1, 0.15) is 0 Å². The van der Waals surface area contributed by atoms with Crippen LogP contribution in [0.15, 0.2) is 34.2 Å². The van der Waals surface area contributed by atoms with E-state index in [1.54, 1.807) is 40.6 Å². The topological polar surface area (TPSA) is 64.0 Å². The summed E-state index contributed by atoms with van der Waals surface area (Å²) in [5.74, 6) is 0.580. The second-order valence-corrected chi connectivity index (χ2v) is 7.50. The largest absolute Gasteiger partial charge is 0.326 e. The molecule has 0 saturated carbocycles. The number of anilines is 1. The van der Waals surface area contributed by atoms with Crippen molar-refractivity contribution in [2.45, 2.75) is 36.9 Å². The summed E-state index contributed by atoms with van der Waals surface area (Å²) in [6, 6.07) is 6.90. The SMILES string of the molecule is O=C(CC1CSc2nc3c(c(=O)n21)CCC3)Nc1cccc(Cl)c1. The third-order valence-corrected chi connectivity index (χ3v) is 5.73. The highest BCUT2D eigenvalue weighted by molar-refractivity contribution is 7.99. The van der Waals surface area contributed by atoms with Crippen molar-refractivity contribution in [3.8, 4) is 0 Å². The van der Waals surface area contributed by atoms with Crippen molar-refractivity contribution in [2.24, 2.45) is 0 Å². The Kier molecular flexibility index (Phi) is 4.10. The van der Waals surface area contributed by atoms with E-state index in [0.717, 1.165) is 35.7 Å². The van der Waals surface area contributed by atoms with Crippen LogP contribution in [0, 0.1) is 0 Å². The van der Waals surface area contributed by atoms with Crippen LogP contribution in [0.1, 0.15) is 30.1 Å². The Morgan fingerprint density at radius 2 is 2.29 bits per heavy atom. The minimum absolute atomic E-state index is 0.0399. The molecule has 0 bridgehead atoms. The van der Waals surface area contributed by atoms with E-state index in [2.05, 4.69) is 10.3 Å². The van der Waals surface area contributed by atoms with E-state index in [4.69, 9.17) is 11.6 Å². The van der Waals surface area contributed by atoms with Crippen LogP contribution in [-0.2, 0) is 17.6 Å². The smallest absolute Gasteiger partial charge is 0.257 e. The maximum absolute atomic E-state index is 12.7. The zero-order valence-electron chi connectivity index (χ0n) is 12.9. The van der Waals surface area contributed by atoms with Gasteiger partial charge in [-0.1, -0.05) is 29.4 Å². The van der Waals surface area contributed by atoms with E-state index < -0.39 is 0 Å². The number of halogens is 1. The normalized spacial score (nSPS) is 18.3. The van der Waals surface area contributed by atoms with E-state index in [1.807, 2.05) is 0 Å². The van der Waals surface area contributed by atoms with E-state index in [-0.39, 0.29) is 23.9 Å². The van der Waals surface area contributed by atoms with Gasteiger partial charge in [-0.05, 0) is 37.5 Å². The molecule has 1 amide bonds. The highest BCUT2D eigenvalue weighted by atomic mass is 35.5. The molecule has 1 N–H and O–H groups in total. The molecule has 0 spiro atoms. The molecule has 4 rings (SSSR count). The first-order valence-electron chi connectivity index (χ1n) is 7.94. The summed E-state index contributed by atoms with van der Waals surface area (Å²) in [4.78, 5) is 29.7. The van der Waals surface area contributed by atoms with Crippen molar-refractivity contribution in [1.82, 2.24) is 9.55 Å². The number of hydrogen-bond donors (Lipinski definition) is 1. The van der Waals surface area contributed by atoms with Crippen LogP contribution in [0.5, 0.6) is 0 Å². The van der Waals surface area contributed by atoms with Gasteiger partial charge < -0.3 is 5.32 Å². The second kappa shape index (κ2) is 6.26. The average Bonchev–Trinajstić information content (AvgIpc) is 3.15. The first-order valence-corrected chi connectivity index (χ1v) is 9.30. The molecular formula is C17H16ClN3O2S. The first-order chi connectivity index (χ1) is 11.6. The van der Waals surface area contributed by atoms with Crippen LogP contribution in [0.4, 0.5) is 5.69 Å². The maximum Gasteiger partial charge on any atom is 0.257 e. The number of hydrogen-bond acceptors (Lipinski definition) is 4. The summed E-state index contributed by atoms with van der Waals surface area (Å²) in [6.45, 7) is 0. The number of rotatable bonds is 3. The first kappa shape index (κ1) is 15.7. The molecule has 24 heavy (non-hydrogen) atoms. The number of amides is 1. The predicted molar refractivity (Wildman–Crippen MR) is 95.0 cm³/mol. The minimum atomic E-state index is -0.143. The fourth-order valence-electron chi connectivity index (χ4n) is 3.29. The van der Waals surface area contributed by atoms with Gasteiger partial charge in [0, 0.05) is 28.4 Å². The number of carbonyl (C=O) groups excluding carboxylic acids is 1. The molecule has 0 fully saturated rings. The Morgan fingerprint density at radius 3 is 3.12 bits per heavy atom. The molecule has 1 aliphatic heterocycles. The molecule has 0 radical (unpaired) electrons. The number of aryl methyl sites for hydroxylation is 1. The lowest BCUT2D eigenvalue weighted by molar-refractivity contribution is -0.116. The molecule has 1 atom stereocenters.